The van der Waals surface area contributed by atoms with E-state index in [1.54, 1.807) is 0 Å². The second kappa shape index (κ2) is 15.0. The van der Waals surface area contributed by atoms with Gasteiger partial charge in [-0.15, -0.1) is 0 Å². The predicted molar refractivity (Wildman–Crippen MR) is 102 cm³/mol. The molecule has 0 N–H and O–H groups in total. The van der Waals surface area contributed by atoms with Gasteiger partial charge in [-0.05, 0) is 25.7 Å². The first-order chi connectivity index (χ1) is 12.7. The molecule has 1 atom stereocenters. The van der Waals surface area contributed by atoms with Crippen LogP contribution in [0.3, 0.4) is 0 Å². The van der Waals surface area contributed by atoms with Crippen LogP contribution >= 0.6 is 0 Å². The first kappa shape index (κ1) is 22.9. The van der Waals surface area contributed by atoms with Crippen LogP contribution in [0.25, 0.3) is 0 Å². The molecular formula is C21H38O5. The molecule has 0 bridgehead atoms. The van der Waals surface area contributed by atoms with Gasteiger partial charge in [-0.1, -0.05) is 65.2 Å². The van der Waals surface area contributed by atoms with Crippen molar-refractivity contribution in [2.75, 3.05) is 19.8 Å². The van der Waals surface area contributed by atoms with Crippen LogP contribution in [0.4, 0.5) is 0 Å². The fraction of sp³-hybridized carbons (Fsp3) is 0.905. The fourth-order valence-electron chi connectivity index (χ4n) is 2.96. The van der Waals surface area contributed by atoms with Crippen LogP contribution < -0.4 is 0 Å². The normalized spacial score (nSPS) is 15.9. The monoisotopic (exact) mass is 370 g/mol. The summed E-state index contributed by atoms with van der Waals surface area (Å²) in [7, 11) is 0. The van der Waals surface area contributed by atoms with Crippen molar-refractivity contribution in [3.8, 4) is 0 Å². The van der Waals surface area contributed by atoms with Crippen LogP contribution in [-0.4, -0.2) is 37.9 Å². The smallest absolute Gasteiger partial charge is 0.337 e. The Hall–Kier alpha value is -1.10. The molecule has 1 unspecified atom stereocenters. The molecule has 0 aliphatic carbocycles. The average Bonchev–Trinajstić information content (AvgIpc) is 3.48. The van der Waals surface area contributed by atoms with Crippen molar-refractivity contribution in [2.24, 2.45) is 5.92 Å². The van der Waals surface area contributed by atoms with Gasteiger partial charge >= 0.3 is 11.9 Å². The Morgan fingerprint density at radius 3 is 1.88 bits per heavy atom. The molecule has 5 nitrogen and oxygen atoms in total. The Balaban J connectivity index is 2.14. The van der Waals surface area contributed by atoms with E-state index in [1.807, 2.05) is 0 Å². The number of carbonyl (C=O) groups is 2. The number of rotatable bonds is 17. The highest BCUT2D eigenvalue weighted by Gasteiger charge is 2.32. The Morgan fingerprint density at radius 2 is 1.38 bits per heavy atom. The van der Waals surface area contributed by atoms with Crippen LogP contribution in [0.1, 0.15) is 90.9 Å². The van der Waals surface area contributed by atoms with Gasteiger partial charge in [0.05, 0.1) is 25.7 Å². The molecular weight excluding hydrogens is 332 g/mol. The maximum Gasteiger partial charge on any atom is 0.337 e. The Bertz CT molecular complexity index is 367. The van der Waals surface area contributed by atoms with Gasteiger partial charge in [0, 0.05) is 0 Å². The summed E-state index contributed by atoms with van der Waals surface area (Å²) in [4.78, 5) is 23.7. The van der Waals surface area contributed by atoms with Crippen LogP contribution in [-0.2, 0) is 23.8 Å². The highest BCUT2D eigenvalue weighted by atomic mass is 16.6. The molecule has 1 aliphatic heterocycles. The number of esters is 2. The van der Waals surface area contributed by atoms with E-state index in [2.05, 4.69) is 13.8 Å². The van der Waals surface area contributed by atoms with Crippen molar-refractivity contribution in [1.82, 2.24) is 0 Å². The van der Waals surface area contributed by atoms with Crippen molar-refractivity contribution >= 4 is 11.9 Å². The molecule has 0 radical (unpaired) electrons. The van der Waals surface area contributed by atoms with Gasteiger partial charge in [-0.2, -0.15) is 0 Å². The van der Waals surface area contributed by atoms with Gasteiger partial charge in [-0.3, -0.25) is 4.79 Å². The van der Waals surface area contributed by atoms with E-state index in [0.717, 1.165) is 32.1 Å². The third-order valence-corrected chi connectivity index (χ3v) is 4.77. The van der Waals surface area contributed by atoms with Crippen molar-refractivity contribution in [3.05, 3.63) is 0 Å². The second-order valence-electron chi connectivity index (χ2n) is 7.26. The van der Waals surface area contributed by atoms with Crippen LogP contribution in [0.5, 0.6) is 0 Å². The zero-order chi connectivity index (χ0) is 19.0. The minimum absolute atomic E-state index is 0.0404. The highest BCUT2D eigenvalue weighted by molar-refractivity contribution is 5.76. The van der Waals surface area contributed by atoms with E-state index in [0.29, 0.717) is 26.2 Å². The number of unbranched alkanes of at least 4 members (excludes halogenated alkanes) is 7. The minimum Gasteiger partial charge on any atom is -0.465 e. The van der Waals surface area contributed by atoms with Crippen molar-refractivity contribution < 1.29 is 23.8 Å². The minimum atomic E-state index is -0.339. The van der Waals surface area contributed by atoms with Crippen LogP contribution in [0.2, 0.25) is 0 Å². The summed E-state index contributed by atoms with van der Waals surface area (Å²) < 4.78 is 15.4. The molecule has 1 aliphatic rings. The van der Waals surface area contributed by atoms with Gasteiger partial charge < -0.3 is 14.2 Å². The Morgan fingerprint density at radius 1 is 0.846 bits per heavy atom. The quantitative estimate of drug-likeness (QED) is 0.209. The van der Waals surface area contributed by atoms with Crippen molar-refractivity contribution in [1.29, 1.82) is 0 Å². The lowest BCUT2D eigenvalue weighted by molar-refractivity contribution is -0.150. The summed E-state index contributed by atoms with van der Waals surface area (Å²) in [6, 6.07) is 0. The zero-order valence-corrected chi connectivity index (χ0v) is 16.8. The predicted octanol–water partition coefficient (Wildman–Crippen LogP) is 4.81. The van der Waals surface area contributed by atoms with Gasteiger partial charge in [-0.25, -0.2) is 4.79 Å². The van der Waals surface area contributed by atoms with Crippen molar-refractivity contribution in [3.63, 3.8) is 0 Å². The Labute approximate surface area is 159 Å². The maximum absolute atomic E-state index is 12.4. The van der Waals surface area contributed by atoms with E-state index in [9.17, 15) is 9.59 Å². The SMILES string of the molecule is CCCCCCC(CCCCCC)C(=O)OCCCCOC(=O)C1CO1. The molecule has 0 aromatic rings. The van der Waals surface area contributed by atoms with Crippen LogP contribution in [0.15, 0.2) is 0 Å². The molecule has 1 fully saturated rings. The molecule has 152 valence electrons. The van der Waals surface area contributed by atoms with E-state index >= 15 is 0 Å². The molecule has 1 heterocycles. The molecule has 1 saturated heterocycles. The maximum atomic E-state index is 12.4. The van der Waals surface area contributed by atoms with Gasteiger partial charge in [0.25, 0.3) is 0 Å². The van der Waals surface area contributed by atoms with Gasteiger partial charge in [0.15, 0.2) is 6.10 Å². The summed E-state index contributed by atoms with van der Waals surface area (Å²) in [5.41, 5.74) is 0. The fourth-order valence-corrected chi connectivity index (χ4v) is 2.96. The third kappa shape index (κ3) is 11.5. The molecule has 1 rings (SSSR count). The first-order valence-electron chi connectivity index (χ1n) is 10.6. The number of ether oxygens (including phenoxy) is 3. The lowest BCUT2D eigenvalue weighted by Gasteiger charge is -2.16. The largest absolute Gasteiger partial charge is 0.465 e. The summed E-state index contributed by atoms with van der Waals surface area (Å²) in [6.07, 6.45) is 12.5. The third-order valence-electron chi connectivity index (χ3n) is 4.77. The molecule has 0 spiro atoms. The van der Waals surface area contributed by atoms with E-state index < -0.39 is 0 Å². The standard InChI is InChI=1S/C21H38O5/c1-3-5-7-9-13-18(14-10-8-6-4-2)20(22)24-15-11-12-16-25-21(23)19-17-26-19/h18-19H,3-17H2,1-2H3. The summed E-state index contributed by atoms with van der Waals surface area (Å²) in [5, 5.41) is 0. The van der Waals surface area contributed by atoms with Crippen molar-refractivity contribution in [2.45, 2.75) is 97.0 Å². The van der Waals surface area contributed by atoms with Gasteiger partial charge in [0.1, 0.15) is 0 Å². The zero-order valence-electron chi connectivity index (χ0n) is 16.8. The molecule has 0 aromatic heterocycles. The van der Waals surface area contributed by atoms with E-state index in [1.165, 1.54) is 38.5 Å². The van der Waals surface area contributed by atoms with E-state index in [-0.39, 0.29) is 24.0 Å². The molecule has 0 aromatic carbocycles. The second-order valence-corrected chi connectivity index (χ2v) is 7.26. The average molecular weight is 371 g/mol. The summed E-state index contributed by atoms with van der Waals surface area (Å²) in [5.74, 6) is -0.267. The molecule has 0 saturated carbocycles. The topological polar surface area (TPSA) is 65.1 Å². The molecule has 0 amide bonds. The summed E-state index contributed by atoms with van der Waals surface area (Å²) in [6.45, 7) is 5.66. The number of carbonyl (C=O) groups excluding carboxylic acids is 2. The molecule has 26 heavy (non-hydrogen) atoms. The lowest BCUT2D eigenvalue weighted by Crippen LogP contribution is -2.19. The highest BCUT2D eigenvalue weighted by Crippen LogP contribution is 2.20. The number of hydrogen-bond donors (Lipinski definition) is 0. The van der Waals surface area contributed by atoms with Crippen LogP contribution in [0, 0.1) is 5.92 Å². The number of epoxide rings is 1. The first-order valence-corrected chi connectivity index (χ1v) is 10.6. The number of hydrogen-bond acceptors (Lipinski definition) is 5. The summed E-state index contributed by atoms with van der Waals surface area (Å²) >= 11 is 0. The molecule has 5 heteroatoms. The Kier molecular flexibility index (Phi) is 13.2. The van der Waals surface area contributed by atoms with E-state index in [4.69, 9.17) is 14.2 Å². The lowest BCUT2D eigenvalue weighted by atomic mass is 9.94. The van der Waals surface area contributed by atoms with Gasteiger partial charge in [0.2, 0.25) is 0 Å².